The van der Waals surface area contributed by atoms with E-state index in [1.54, 1.807) is 23.5 Å². The number of nitrogens with one attached hydrogen (secondary N) is 1. The van der Waals surface area contributed by atoms with E-state index in [1.807, 2.05) is 24.6 Å². The van der Waals surface area contributed by atoms with Gasteiger partial charge in [-0.2, -0.15) is 0 Å². The van der Waals surface area contributed by atoms with Crippen molar-refractivity contribution in [1.82, 2.24) is 10.3 Å². The first-order valence-corrected chi connectivity index (χ1v) is 7.49. The van der Waals surface area contributed by atoms with E-state index in [2.05, 4.69) is 10.3 Å². The molecular weight excluding hydrogens is 259 g/mol. The van der Waals surface area contributed by atoms with Gasteiger partial charge in [0.25, 0.3) is 0 Å². The molecule has 1 aromatic carbocycles. The molecule has 4 heteroatoms. The Bertz CT molecular complexity index is 561. The van der Waals surface area contributed by atoms with E-state index in [-0.39, 0.29) is 5.82 Å². The van der Waals surface area contributed by atoms with Gasteiger partial charge in [0.15, 0.2) is 0 Å². The summed E-state index contributed by atoms with van der Waals surface area (Å²) in [4.78, 5) is 5.54. The van der Waals surface area contributed by atoms with Crippen LogP contribution in [-0.2, 0) is 6.54 Å². The SMILES string of the molecule is Cc1ncsc1CNC1CC(c2ccccc2F)C1. The van der Waals surface area contributed by atoms with Crippen molar-refractivity contribution in [2.75, 3.05) is 0 Å². The number of nitrogens with zero attached hydrogens (tertiary/aromatic N) is 1. The van der Waals surface area contributed by atoms with Gasteiger partial charge in [0, 0.05) is 17.5 Å². The molecule has 0 unspecified atom stereocenters. The summed E-state index contributed by atoms with van der Waals surface area (Å²) in [7, 11) is 0. The smallest absolute Gasteiger partial charge is 0.126 e. The third-order valence-corrected chi connectivity index (χ3v) is 4.81. The molecule has 0 amide bonds. The molecule has 1 saturated carbocycles. The Morgan fingerprint density at radius 2 is 2.16 bits per heavy atom. The summed E-state index contributed by atoms with van der Waals surface area (Å²) in [6.07, 6.45) is 2.05. The Morgan fingerprint density at radius 3 is 2.84 bits per heavy atom. The molecule has 3 rings (SSSR count). The second-order valence-electron chi connectivity index (χ2n) is 5.13. The maximum atomic E-state index is 13.6. The van der Waals surface area contributed by atoms with Crippen LogP contribution in [0.5, 0.6) is 0 Å². The first-order chi connectivity index (χ1) is 9.24. The Morgan fingerprint density at radius 1 is 1.37 bits per heavy atom. The van der Waals surface area contributed by atoms with Gasteiger partial charge in [0.2, 0.25) is 0 Å². The van der Waals surface area contributed by atoms with Gasteiger partial charge in [-0.1, -0.05) is 18.2 Å². The zero-order chi connectivity index (χ0) is 13.2. The van der Waals surface area contributed by atoms with Crippen molar-refractivity contribution in [3.8, 4) is 0 Å². The van der Waals surface area contributed by atoms with Crippen LogP contribution < -0.4 is 5.32 Å². The number of thiazole rings is 1. The van der Waals surface area contributed by atoms with Crippen molar-refractivity contribution >= 4 is 11.3 Å². The summed E-state index contributed by atoms with van der Waals surface area (Å²) in [5.41, 5.74) is 3.87. The average Bonchev–Trinajstić information content (AvgIpc) is 2.75. The molecule has 2 aromatic rings. The topological polar surface area (TPSA) is 24.9 Å². The molecule has 2 nitrogen and oxygen atoms in total. The summed E-state index contributed by atoms with van der Waals surface area (Å²) in [5.74, 6) is 0.311. The molecule has 0 aliphatic heterocycles. The van der Waals surface area contributed by atoms with Crippen molar-refractivity contribution in [2.45, 2.75) is 38.3 Å². The lowest BCUT2D eigenvalue weighted by Gasteiger charge is -2.36. The minimum absolute atomic E-state index is 0.0655. The highest BCUT2D eigenvalue weighted by Gasteiger charge is 2.31. The van der Waals surface area contributed by atoms with Crippen LogP contribution in [0, 0.1) is 12.7 Å². The van der Waals surface area contributed by atoms with Gasteiger partial charge in [0.1, 0.15) is 5.82 Å². The van der Waals surface area contributed by atoms with Crippen LogP contribution in [0.4, 0.5) is 4.39 Å². The monoisotopic (exact) mass is 276 g/mol. The lowest BCUT2D eigenvalue weighted by Crippen LogP contribution is -2.39. The molecule has 0 radical (unpaired) electrons. The van der Waals surface area contributed by atoms with Gasteiger partial charge in [-0.3, -0.25) is 0 Å². The number of aromatic nitrogens is 1. The standard InChI is InChI=1S/C15H17FN2S/c1-10-15(19-9-18-10)8-17-12-6-11(7-12)13-4-2-3-5-14(13)16/h2-5,9,11-12,17H,6-8H2,1H3. The van der Waals surface area contributed by atoms with Gasteiger partial charge >= 0.3 is 0 Å². The van der Waals surface area contributed by atoms with Crippen LogP contribution in [0.25, 0.3) is 0 Å². The summed E-state index contributed by atoms with van der Waals surface area (Å²) in [6.45, 7) is 2.92. The first kappa shape index (κ1) is 12.8. The van der Waals surface area contributed by atoms with Crippen molar-refractivity contribution in [3.05, 3.63) is 51.7 Å². The normalized spacial score (nSPS) is 22.2. The highest BCUT2D eigenvalue weighted by molar-refractivity contribution is 7.09. The average molecular weight is 276 g/mol. The molecule has 1 fully saturated rings. The number of rotatable bonds is 4. The van der Waals surface area contributed by atoms with E-state index in [9.17, 15) is 4.39 Å². The molecule has 1 N–H and O–H groups in total. The van der Waals surface area contributed by atoms with E-state index in [0.29, 0.717) is 12.0 Å². The lowest BCUT2D eigenvalue weighted by atomic mass is 9.75. The van der Waals surface area contributed by atoms with Crippen molar-refractivity contribution in [3.63, 3.8) is 0 Å². The predicted octanol–water partition coefficient (Wildman–Crippen LogP) is 3.63. The zero-order valence-electron chi connectivity index (χ0n) is 10.9. The fourth-order valence-electron chi connectivity index (χ4n) is 2.58. The summed E-state index contributed by atoms with van der Waals surface area (Å²) >= 11 is 1.69. The minimum Gasteiger partial charge on any atom is -0.309 e. The van der Waals surface area contributed by atoms with E-state index in [1.165, 1.54) is 4.88 Å². The number of hydrogen-bond acceptors (Lipinski definition) is 3. The van der Waals surface area contributed by atoms with E-state index >= 15 is 0 Å². The van der Waals surface area contributed by atoms with Gasteiger partial charge in [-0.25, -0.2) is 9.37 Å². The summed E-state index contributed by atoms with van der Waals surface area (Å²) in [5, 5.41) is 3.53. The molecule has 1 aliphatic carbocycles. The number of aryl methyl sites for hydroxylation is 1. The minimum atomic E-state index is -0.0655. The second kappa shape index (κ2) is 5.39. The van der Waals surface area contributed by atoms with Crippen LogP contribution in [0.3, 0.4) is 0 Å². The summed E-state index contributed by atoms with van der Waals surface area (Å²) in [6, 6.07) is 7.63. The number of halogens is 1. The number of benzene rings is 1. The van der Waals surface area contributed by atoms with Crippen LogP contribution in [-0.4, -0.2) is 11.0 Å². The second-order valence-corrected chi connectivity index (χ2v) is 6.07. The van der Waals surface area contributed by atoms with Crippen LogP contribution in [0.2, 0.25) is 0 Å². The van der Waals surface area contributed by atoms with E-state index in [0.717, 1.165) is 30.6 Å². The zero-order valence-corrected chi connectivity index (χ0v) is 11.7. The highest BCUT2D eigenvalue weighted by atomic mass is 32.1. The van der Waals surface area contributed by atoms with E-state index < -0.39 is 0 Å². The predicted molar refractivity (Wildman–Crippen MR) is 75.9 cm³/mol. The van der Waals surface area contributed by atoms with Crippen LogP contribution in [0.15, 0.2) is 29.8 Å². The molecule has 1 heterocycles. The third-order valence-electron chi connectivity index (χ3n) is 3.88. The number of hydrogen-bond donors (Lipinski definition) is 1. The fourth-order valence-corrected chi connectivity index (χ4v) is 3.31. The maximum Gasteiger partial charge on any atom is 0.126 e. The van der Waals surface area contributed by atoms with Crippen molar-refractivity contribution in [1.29, 1.82) is 0 Å². The lowest BCUT2D eigenvalue weighted by molar-refractivity contribution is 0.284. The van der Waals surface area contributed by atoms with Gasteiger partial charge in [-0.05, 0) is 37.3 Å². The Kier molecular flexibility index (Phi) is 3.62. The molecule has 0 spiro atoms. The maximum absolute atomic E-state index is 13.6. The Balaban J connectivity index is 1.51. The fraction of sp³-hybridized carbons (Fsp3) is 0.400. The van der Waals surface area contributed by atoms with Gasteiger partial charge in [-0.15, -0.1) is 11.3 Å². The van der Waals surface area contributed by atoms with Crippen molar-refractivity contribution < 1.29 is 4.39 Å². The van der Waals surface area contributed by atoms with E-state index in [4.69, 9.17) is 0 Å². The largest absolute Gasteiger partial charge is 0.309 e. The van der Waals surface area contributed by atoms with Crippen LogP contribution in [0.1, 0.15) is 34.9 Å². The Labute approximate surface area is 116 Å². The molecule has 100 valence electrons. The molecule has 1 aromatic heterocycles. The molecule has 0 atom stereocenters. The Hall–Kier alpha value is -1.26. The summed E-state index contributed by atoms with van der Waals surface area (Å²) < 4.78 is 13.6. The molecule has 19 heavy (non-hydrogen) atoms. The molecule has 0 saturated heterocycles. The molecule has 0 bridgehead atoms. The first-order valence-electron chi connectivity index (χ1n) is 6.61. The quantitative estimate of drug-likeness (QED) is 0.922. The molecular formula is C15H17FN2S. The molecule has 1 aliphatic rings. The highest BCUT2D eigenvalue weighted by Crippen LogP contribution is 2.38. The van der Waals surface area contributed by atoms with Crippen molar-refractivity contribution in [2.24, 2.45) is 0 Å². The van der Waals surface area contributed by atoms with Gasteiger partial charge < -0.3 is 5.32 Å². The van der Waals surface area contributed by atoms with Crippen LogP contribution >= 0.6 is 11.3 Å². The van der Waals surface area contributed by atoms with Gasteiger partial charge in [0.05, 0.1) is 11.2 Å². The third kappa shape index (κ3) is 2.69.